The first-order valence-corrected chi connectivity index (χ1v) is 8.08. The molecule has 1 amide bonds. The molecule has 2 heterocycles. The van der Waals surface area contributed by atoms with Crippen LogP contribution in [0.4, 0.5) is 27.8 Å². The van der Waals surface area contributed by atoms with Crippen LogP contribution in [0.1, 0.15) is 13.3 Å². The number of benzene rings is 1. The van der Waals surface area contributed by atoms with Crippen molar-refractivity contribution < 1.29 is 36.6 Å². The number of carbonyl (C=O) groups is 1. The fourth-order valence-electron chi connectivity index (χ4n) is 2.41. The van der Waals surface area contributed by atoms with E-state index in [1.165, 1.54) is 18.5 Å². The number of anilines is 1. The minimum atomic E-state index is -5.00. The van der Waals surface area contributed by atoms with E-state index in [-0.39, 0.29) is 11.7 Å². The molecule has 154 valence electrons. The number of halogens is 5. The van der Waals surface area contributed by atoms with Crippen molar-refractivity contribution in [1.29, 1.82) is 0 Å². The predicted octanol–water partition coefficient (Wildman–Crippen LogP) is 2.76. The Balaban J connectivity index is 0.000000500. The lowest BCUT2D eigenvalue weighted by Crippen LogP contribution is -2.48. The van der Waals surface area contributed by atoms with Gasteiger partial charge in [0, 0.05) is 24.5 Å². The summed E-state index contributed by atoms with van der Waals surface area (Å²) in [7, 11) is 0. The van der Waals surface area contributed by atoms with E-state index in [1.54, 1.807) is 17.9 Å². The number of amides is 1. The van der Waals surface area contributed by atoms with Crippen molar-refractivity contribution >= 4 is 22.6 Å². The third-order valence-corrected chi connectivity index (χ3v) is 3.72. The maximum atomic E-state index is 12.3. The Morgan fingerprint density at radius 3 is 2.46 bits per heavy atom. The van der Waals surface area contributed by atoms with Crippen LogP contribution in [-0.4, -0.2) is 58.0 Å². The third-order valence-electron chi connectivity index (χ3n) is 3.72. The molecule has 1 aromatic heterocycles. The van der Waals surface area contributed by atoms with E-state index in [2.05, 4.69) is 20.0 Å². The number of fused-ring (bicyclic) bond motifs is 1. The maximum absolute atomic E-state index is 12.3. The second-order valence-corrected chi connectivity index (χ2v) is 5.79. The van der Waals surface area contributed by atoms with Crippen LogP contribution in [0.5, 0.6) is 5.75 Å². The Bertz CT molecular complexity index is 808. The number of aromatic nitrogens is 2. The molecule has 0 aliphatic carbocycles. The van der Waals surface area contributed by atoms with Crippen molar-refractivity contribution in [3.05, 3.63) is 24.5 Å². The molecule has 1 aromatic carbocycles. The lowest BCUT2D eigenvalue weighted by molar-refractivity contribution is -0.295. The van der Waals surface area contributed by atoms with Crippen molar-refractivity contribution in [3.63, 3.8) is 0 Å². The van der Waals surface area contributed by atoms with Gasteiger partial charge in [-0.3, -0.25) is 4.79 Å². The summed E-state index contributed by atoms with van der Waals surface area (Å²) in [5.41, 5.74) is 0.462. The van der Waals surface area contributed by atoms with E-state index in [9.17, 15) is 26.7 Å². The number of hydrogen-bond acceptors (Lipinski definition) is 6. The Hall–Kier alpha value is -2.76. The first-order chi connectivity index (χ1) is 13.0. The fourth-order valence-corrected chi connectivity index (χ4v) is 2.41. The first kappa shape index (κ1) is 21.5. The number of likely N-dealkylation sites (tertiary alicyclic amines) is 1. The highest BCUT2D eigenvalue weighted by atomic mass is 19.4. The minimum Gasteiger partial charge on any atom is -0.435 e. The Morgan fingerprint density at radius 2 is 1.93 bits per heavy atom. The van der Waals surface area contributed by atoms with Crippen LogP contribution < -0.4 is 10.1 Å². The molecule has 2 N–H and O–H groups in total. The molecular weight excluding hydrogens is 391 g/mol. The van der Waals surface area contributed by atoms with Gasteiger partial charge >= 0.3 is 13.0 Å². The quantitative estimate of drug-likeness (QED) is 0.740. The highest BCUT2D eigenvalue weighted by Crippen LogP contribution is 2.25. The van der Waals surface area contributed by atoms with Crippen molar-refractivity contribution in [2.75, 3.05) is 18.4 Å². The maximum Gasteiger partial charge on any atom is 0.519 e. The molecule has 2 aromatic rings. The summed E-state index contributed by atoms with van der Waals surface area (Å²) in [6.45, 7) is 0.442. The molecule has 0 bridgehead atoms. The zero-order chi connectivity index (χ0) is 20.9. The third kappa shape index (κ3) is 6.44. The van der Waals surface area contributed by atoms with Gasteiger partial charge in [0.15, 0.2) is 0 Å². The van der Waals surface area contributed by atoms with E-state index < -0.39 is 19.0 Å². The fraction of sp³-hybridized carbons (Fsp3) is 0.438. The topological polar surface area (TPSA) is 87.6 Å². The summed E-state index contributed by atoms with van der Waals surface area (Å²) in [5, 5.41) is 10.2. The smallest absolute Gasteiger partial charge is 0.435 e. The normalized spacial score (nSPS) is 14.8. The first-order valence-electron chi connectivity index (χ1n) is 8.08. The minimum absolute atomic E-state index is 0.0145. The summed E-state index contributed by atoms with van der Waals surface area (Å²) >= 11 is 0. The summed E-state index contributed by atoms with van der Waals surface area (Å²) in [5.74, 6) is 0.530. The zero-order valence-corrected chi connectivity index (χ0v) is 14.6. The molecular formula is C16H17F5N4O3. The Kier molecular flexibility index (Phi) is 6.89. The standard InChI is InChI=1S/C15H16F2N4O2.CHF3O/c1-9(14(22)21-5-2-6-21)20-13-11-4-3-10(23-15(16)17)7-12(11)18-8-19-13;2-1(3,4)5/h3-4,7-9,15H,2,5-6H2,1H3,(H,18,19,20);5H/t9-;/m1./s1. The molecule has 0 radical (unpaired) electrons. The van der Waals surface area contributed by atoms with Gasteiger partial charge in [-0.2, -0.15) is 8.78 Å². The van der Waals surface area contributed by atoms with Crippen LogP contribution in [0.3, 0.4) is 0 Å². The number of nitrogens with zero attached hydrogens (tertiary/aromatic N) is 3. The molecule has 7 nitrogen and oxygen atoms in total. The van der Waals surface area contributed by atoms with Gasteiger partial charge in [-0.1, -0.05) is 0 Å². The van der Waals surface area contributed by atoms with Crippen LogP contribution in [-0.2, 0) is 4.79 Å². The lowest BCUT2D eigenvalue weighted by atomic mass is 10.1. The molecule has 28 heavy (non-hydrogen) atoms. The van der Waals surface area contributed by atoms with Gasteiger partial charge < -0.3 is 20.1 Å². The number of nitrogens with one attached hydrogen (secondary N) is 1. The van der Waals surface area contributed by atoms with Gasteiger partial charge in [0.1, 0.15) is 23.9 Å². The number of hydrogen-bond donors (Lipinski definition) is 2. The number of ether oxygens (including phenoxy) is 1. The largest absolute Gasteiger partial charge is 0.519 e. The van der Waals surface area contributed by atoms with Crippen LogP contribution in [0.25, 0.3) is 10.9 Å². The van der Waals surface area contributed by atoms with E-state index in [4.69, 9.17) is 5.11 Å². The van der Waals surface area contributed by atoms with Crippen molar-refractivity contribution in [1.82, 2.24) is 14.9 Å². The van der Waals surface area contributed by atoms with Crippen molar-refractivity contribution in [2.24, 2.45) is 0 Å². The lowest BCUT2D eigenvalue weighted by Gasteiger charge is -2.33. The highest BCUT2D eigenvalue weighted by molar-refractivity contribution is 5.92. The van der Waals surface area contributed by atoms with Gasteiger partial charge in [-0.15, -0.1) is 13.2 Å². The van der Waals surface area contributed by atoms with Gasteiger partial charge in [-0.05, 0) is 25.5 Å². The molecule has 3 rings (SSSR count). The van der Waals surface area contributed by atoms with Gasteiger partial charge in [0.2, 0.25) is 5.91 Å². The monoisotopic (exact) mass is 408 g/mol. The van der Waals surface area contributed by atoms with E-state index in [0.717, 1.165) is 19.5 Å². The molecule has 12 heteroatoms. The predicted molar refractivity (Wildman–Crippen MR) is 88.7 cm³/mol. The summed E-state index contributed by atoms with van der Waals surface area (Å²) in [4.78, 5) is 22.1. The number of rotatable bonds is 5. The summed E-state index contributed by atoms with van der Waals surface area (Å²) < 4.78 is 58.6. The van der Waals surface area contributed by atoms with E-state index >= 15 is 0 Å². The summed E-state index contributed by atoms with van der Waals surface area (Å²) in [6.07, 6.45) is -2.65. The van der Waals surface area contributed by atoms with Gasteiger partial charge in [0.05, 0.1) is 5.52 Å². The Labute approximate surface area is 156 Å². The van der Waals surface area contributed by atoms with Gasteiger partial charge in [0.25, 0.3) is 0 Å². The number of aliphatic hydroxyl groups is 1. The molecule has 0 saturated carbocycles. The van der Waals surface area contributed by atoms with E-state index in [1.807, 2.05) is 0 Å². The second kappa shape index (κ2) is 8.95. The second-order valence-electron chi connectivity index (χ2n) is 5.79. The van der Waals surface area contributed by atoms with Crippen LogP contribution in [0, 0.1) is 0 Å². The summed E-state index contributed by atoms with van der Waals surface area (Å²) in [6, 6.07) is 4.00. The average molecular weight is 408 g/mol. The zero-order valence-electron chi connectivity index (χ0n) is 14.6. The SMILES string of the molecule is C[C@@H](Nc1ncnc2cc(OC(F)F)ccc12)C(=O)N1CCC1.OC(F)(F)F. The molecule has 0 unspecified atom stereocenters. The molecule has 1 saturated heterocycles. The molecule has 1 aliphatic heterocycles. The Morgan fingerprint density at radius 1 is 1.29 bits per heavy atom. The van der Waals surface area contributed by atoms with Crippen LogP contribution >= 0.6 is 0 Å². The van der Waals surface area contributed by atoms with Crippen molar-refractivity contribution in [3.8, 4) is 5.75 Å². The average Bonchev–Trinajstić information content (AvgIpc) is 2.51. The number of alkyl halides is 5. The van der Waals surface area contributed by atoms with Crippen molar-refractivity contribution in [2.45, 2.75) is 32.4 Å². The molecule has 1 aliphatic rings. The number of carbonyl (C=O) groups excluding carboxylic acids is 1. The van der Waals surface area contributed by atoms with Gasteiger partial charge in [-0.25, -0.2) is 9.97 Å². The van der Waals surface area contributed by atoms with E-state index in [0.29, 0.717) is 16.7 Å². The molecule has 1 fully saturated rings. The molecule has 0 spiro atoms. The molecule has 1 atom stereocenters. The van der Waals surface area contributed by atoms with Crippen LogP contribution in [0.15, 0.2) is 24.5 Å². The van der Waals surface area contributed by atoms with Crippen LogP contribution in [0.2, 0.25) is 0 Å². The highest BCUT2D eigenvalue weighted by Gasteiger charge is 2.25.